The lowest BCUT2D eigenvalue weighted by molar-refractivity contribution is -0.145. The molecule has 3 nitrogen and oxygen atoms in total. The Hall–Kier alpha value is -2.16. The fraction of sp³-hybridized carbons (Fsp3) is 0.400. The molecule has 1 aromatic heterocycles. The van der Waals surface area contributed by atoms with Crippen LogP contribution in [0.4, 0.5) is 0 Å². The Bertz CT molecular complexity index is 694. The van der Waals surface area contributed by atoms with Crippen molar-refractivity contribution in [3.05, 3.63) is 53.2 Å². The van der Waals surface area contributed by atoms with Gasteiger partial charge in [0.15, 0.2) is 0 Å². The second kappa shape index (κ2) is 6.95. The first-order valence-corrected chi connectivity index (χ1v) is 8.49. The number of nitrogens with zero attached hydrogens (tertiary/aromatic N) is 1. The average molecular weight is 309 g/mol. The highest BCUT2D eigenvalue weighted by Crippen LogP contribution is 2.35. The van der Waals surface area contributed by atoms with Crippen molar-refractivity contribution in [2.45, 2.75) is 45.4 Å². The molecule has 0 fully saturated rings. The Balaban J connectivity index is 2.09. The van der Waals surface area contributed by atoms with Crippen LogP contribution in [0.5, 0.6) is 0 Å². The van der Waals surface area contributed by atoms with Crippen molar-refractivity contribution in [3.8, 4) is 11.3 Å². The summed E-state index contributed by atoms with van der Waals surface area (Å²) >= 11 is 0. The van der Waals surface area contributed by atoms with E-state index in [0.717, 1.165) is 42.6 Å². The van der Waals surface area contributed by atoms with Gasteiger partial charge in [0.2, 0.25) is 0 Å². The lowest BCUT2D eigenvalue weighted by Crippen LogP contribution is -2.23. The van der Waals surface area contributed by atoms with Crippen LogP contribution in [0.1, 0.15) is 49.4 Å². The minimum atomic E-state index is -0.216. The van der Waals surface area contributed by atoms with Gasteiger partial charge in [0.25, 0.3) is 0 Å². The van der Waals surface area contributed by atoms with E-state index in [4.69, 9.17) is 9.72 Å². The second-order valence-corrected chi connectivity index (χ2v) is 5.96. The van der Waals surface area contributed by atoms with E-state index in [1.165, 1.54) is 11.1 Å². The van der Waals surface area contributed by atoms with Crippen LogP contribution < -0.4 is 0 Å². The standard InChI is InChI=1S/C20H23NO2/c1-3-14-13-16-11-8-12-17(20(22)23-4-2)19(16)21-18(14)15-9-6-5-7-10-15/h5-7,9-10,13,17H,3-4,8,11-12H2,1-2H3. The van der Waals surface area contributed by atoms with Crippen molar-refractivity contribution in [2.75, 3.05) is 6.61 Å². The van der Waals surface area contributed by atoms with Gasteiger partial charge >= 0.3 is 5.97 Å². The predicted octanol–water partition coefficient (Wildman–Crippen LogP) is 4.29. The number of aryl methyl sites for hydroxylation is 2. The SMILES string of the molecule is CCOC(=O)C1CCCc2cc(CC)c(-c3ccccc3)nc21. The van der Waals surface area contributed by atoms with E-state index >= 15 is 0 Å². The third-order valence-electron chi connectivity index (χ3n) is 4.48. The molecule has 0 N–H and O–H groups in total. The molecule has 2 aromatic rings. The average Bonchev–Trinajstić information content (AvgIpc) is 2.61. The maximum Gasteiger partial charge on any atom is 0.315 e. The zero-order valence-electron chi connectivity index (χ0n) is 13.8. The van der Waals surface area contributed by atoms with E-state index in [1.807, 2.05) is 25.1 Å². The normalized spacial score (nSPS) is 16.7. The van der Waals surface area contributed by atoms with Crippen LogP contribution >= 0.6 is 0 Å². The number of fused-ring (bicyclic) bond motifs is 1. The van der Waals surface area contributed by atoms with Crippen molar-refractivity contribution in [1.29, 1.82) is 0 Å². The number of hydrogen-bond donors (Lipinski definition) is 0. The number of ether oxygens (including phenoxy) is 1. The van der Waals surface area contributed by atoms with Gasteiger partial charge in [-0.2, -0.15) is 0 Å². The minimum absolute atomic E-state index is 0.135. The summed E-state index contributed by atoms with van der Waals surface area (Å²) in [5, 5.41) is 0. The Morgan fingerprint density at radius 1 is 1.26 bits per heavy atom. The van der Waals surface area contributed by atoms with Gasteiger partial charge in [-0.1, -0.05) is 43.3 Å². The highest BCUT2D eigenvalue weighted by Gasteiger charge is 2.30. The Kier molecular flexibility index (Phi) is 4.75. The van der Waals surface area contributed by atoms with Crippen LogP contribution in [0, 0.1) is 0 Å². The van der Waals surface area contributed by atoms with E-state index in [0.29, 0.717) is 6.61 Å². The lowest BCUT2D eigenvalue weighted by atomic mass is 9.85. The van der Waals surface area contributed by atoms with Gasteiger partial charge in [0.05, 0.1) is 23.9 Å². The van der Waals surface area contributed by atoms with Crippen molar-refractivity contribution in [3.63, 3.8) is 0 Å². The van der Waals surface area contributed by atoms with Crippen molar-refractivity contribution in [1.82, 2.24) is 4.98 Å². The lowest BCUT2D eigenvalue weighted by Gasteiger charge is -2.25. The molecule has 23 heavy (non-hydrogen) atoms. The summed E-state index contributed by atoms with van der Waals surface area (Å²) in [6.07, 6.45) is 3.79. The summed E-state index contributed by atoms with van der Waals surface area (Å²) in [6.45, 7) is 4.43. The molecule has 1 aromatic carbocycles. The molecule has 0 amide bonds. The number of benzene rings is 1. The van der Waals surface area contributed by atoms with Gasteiger partial charge in [-0.25, -0.2) is 0 Å². The molecule has 1 aliphatic rings. The third kappa shape index (κ3) is 3.14. The molecule has 3 heteroatoms. The number of aromatic nitrogens is 1. The number of carbonyl (C=O) groups is 1. The molecular weight excluding hydrogens is 286 g/mol. The monoisotopic (exact) mass is 309 g/mol. The van der Waals surface area contributed by atoms with Crippen LogP contribution in [0.2, 0.25) is 0 Å². The van der Waals surface area contributed by atoms with Crippen molar-refractivity contribution in [2.24, 2.45) is 0 Å². The first-order valence-electron chi connectivity index (χ1n) is 8.49. The van der Waals surface area contributed by atoms with Gasteiger partial charge in [-0.05, 0) is 43.7 Å². The molecule has 0 saturated heterocycles. The fourth-order valence-electron chi connectivity index (χ4n) is 3.34. The van der Waals surface area contributed by atoms with E-state index < -0.39 is 0 Å². The summed E-state index contributed by atoms with van der Waals surface area (Å²) in [5.41, 5.74) is 5.50. The summed E-state index contributed by atoms with van der Waals surface area (Å²) < 4.78 is 5.26. The first-order chi connectivity index (χ1) is 11.2. The summed E-state index contributed by atoms with van der Waals surface area (Å²) in [7, 11) is 0. The molecule has 0 saturated carbocycles. The maximum atomic E-state index is 12.3. The van der Waals surface area contributed by atoms with Gasteiger partial charge in [-0.3, -0.25) is 9.78 Å². The molecule has 0 spiro atoms. The Morgan fingerprint density at radius 2 is 2.04 bits per heavy atom. The molecule has 0 radical (unpaired) electrons. The fourth-order valence-corrected chi connectivity index (χ4v) is 3.34. The van der Waals surface area contributed by atoms with Gasteiger partial charge in [0, 0.05) is 5.56 Å². The van der Waals surface area contributed by atoms with Crippen LogP contribution in [-0.2, 0) is 22.4 Å². The molecule has 0 aliphatic heterocycles. The van der Waals surface area contributed by atoms with Crippen LogP contribution in [0.25, 0.3) is 11.3 Å². The molecule has 120 valence electrons. The second-order valence-electron chi connectivity index (χ2n) is 5.96. The number of pyridine rings is 1. The molecule has 1 atom stereocenters. The number of hydrogen-bond acceptors (Lipinski definition) is 3. The Labute approximate surface area is 137 Å². The van der Waals surface area contributed by atoms with Crippen LogP contribution in [0.3, 0.4) is 0 Å². The summed E-state index contributed by atoms with van der Waals surface area (Å²) in [6, 6.07) is 12.5. The minimum Gasteiger partial charge on any atom is -0.465 e. The number of rotatable bonds is 4. The Morgan fingerprint density at radius 3 is 2.74 bits per heavy atom. The van der Waals surface area contributed by atoms with E-state index in [-0.39, 0.29) is 11.9 Å². The third-order valence-corrected chi connectivity index (χ3v) is 4.48. The van der Waals surface area contributed by atoms with Crippen LogP contribution in [0.15, 0.2) is 36.4 Å². The molecule has 0 bridgehead atoms. The zero-order valence-corrected chi connectivity index (χ0v) is 13.8. The van der Waals surface area contributed by atoms with E-state index in [1.54, 1.807) is 0 Å². The zero-order chi connectivity index (χ0) is 16.2. The molecular formula is C20H23NO2. The topological polar surface area (TPSA) is 39.2 Å². The van der Waals surface area contributed by atoms with E-state index in [2.05, 4.69) is 25.1 Å². The first kappa shape index (κ1) is 15.7. The number of carbonyl (C=O) groups excluding carboxylic acids is 1. The predicted molar refractivity (Wildman–Crippen MR) is 91.4 cm³/mol. The highest BCUT2D eigenvalue weighted by atomic mass is 16.5. The maximum absolute atomic E-state index is 12.3. The molecule has 1 heterocycles. The smallest absolute Gasteiger partial charge is 0.315 e. The van der Waals surface area contributed by atoms with Crippen molar-refractivity contribution >= 4 is 5.97 Å². The molecule has 1 aliphatic carbocycles. The number of esters is 1. The van der Waals surface area contributed by atoms with Gasteiger partial charge in [-0.15, -0.1) is 0 Å². The summed E-state index contributed by atoms with van der Waals surface area (Å²) in [4.78, 5) is 17.2. The molecule has 1 unspecified atom stereocenters. The van der Waals surface area contributed by atoms with Gasteiger partial charge < -0.3 is 4.74 Å². The van der Waals surface area contributed by atoms with Gasteiger partial charge in [0.1, 0.15) is 0 Å². The largest absolute Gasteiger partial charge is 0.465 e. The summed E-state index contributed by atoms with van der Waals surface area (Å²) in [5.74, 6) is -0.351. The molecule has 3 rings (SSSR count). The van der Waals surface area contributed by atoms with Crippen LogP contribution in [-0.4, -0.2) is 17.6 Å². The van der Waals surface area contributed by atoms with Crippen molar-refractivity contribution < 1.29 is 9.53 Å². The quantitative estimate of drug-likeness (QED) is 0.791. The van der Waals surface area contributed by atoms with E-state index in [9.17, 15) is 4.79 Å². The highest BCUT2D eigenvalue weighted by molar-refractivity contribution is 5.79.